The number of ether oxygens (including phenoxy) is 2. The Labute approximate surface area is 208 Å². The highest BCUT2D eigenvalue weighted by molar-refractivity contribution is 5.87. The van der Waals surface area contributed by atoms with Crippen molar-refractivity contribution in [3.63, 3.8) is 0 Å². The van der Waals surface area contributed by atoms with E-state index < -0.39 is 6.09 Å². The Kier molecular flexibility index (Phi) is 10.8. The molecule has 2 atom stereocenters. The Morgan fingerprint density at radius 1 is 1.18 bits per heavy atom. The monoisotopic (exact) mass is 480 g/mol. The molecule has 0 radical (unpaired) electrons. The molecule has 0 bridgehead atoms. The summed E-state index contributed by atoms with van der Waals surface area (Å²) < 4.78 is 12.0. The molecule has 3 aliphatic rings. The van der Waals surface area contributed by atoms with Gasteiger partial charge in [0.25, 0.3) is 0 Å². The van der Waals surface area contributed by atoms with Crippen molar-refractivity contribution in [1.82, 2.24) is 10.6 Å². The Bertz CT molecular complexity index is 764. The van der Waals surface area contributed by atoms with Crippen molar-refractivity contribution in [2.24, 2.45) is 5.92 Å². The number of rotatable bonds is 7. The third-order valence-electron chi connectivity index (χ3n) is 6.60. The maximum atomic E-state index is 11.8. The van der Waals surface area contributed by atoms with Crippen LogP contribution in [0.2, 0.25) is 0 Å². The topological polar surface area (TPSA) is 100 Å². The van der Waals surface area contributed by atoms with Crippen LogP contribution in [-0.2, 0) is 14.3 Å². The van der Waals surface area contributed by atoms with Gasteiger partial charge in [-0.15, -0.1) is 0 Å². The van der Waals surface area contributed by atoms with E-state index in [0.717, 1.165) is 51.0 Å². The highest BCUT2D eigenvalue weighted by Crippen LogP contribution is 2.46. The van der Waals surface area contributed by atoms with Crippen molar-refractivity contribution in [2.75, 3.05) is 13.7 Å². The normalized spacial score (nSPS) is 30.6. The van der Waals surface area contributed by atoms with Crippen molar-refractivity contribution in [1.29, 1.82) is 0 Å². The van der Waals surface area contributed by atoms with Gasteiger partial charge in [0.2, 0.25) is 5.91 Å². The summed E-state index contributed by atoms with van der Waals surface area (Å²) in [4.78, 5) is 21.1. The minimum absolute atomic E-state index is 0. The van der Waals surface area contributed by atoms with E-state index in [1.54, 1.807) is 6.08 Å². The average Bonchev–Trinajstić information content (AvgIpc) is 3.52. The molecule has 196 valence electrons. The number of carbonyl (C=O) groups is 2. The number of hydrogen-bond donors (Lipinski definition) is 3. The lowest BCUT2D eigenvalue weighted by molar-refractivity contribution is -0.117. The van der Waals surface area contributed by atoms with E-state index in [-0.39, 0.29) is 26.1 Å². The van der Waals surface area contributed by atoms with Crippen molar-refractivity contribution < 1.29 is 27.0 Å². The summed E-state index contributed by atoms with van der Waals surface area (Å²) in [5, 5.41) is 12.7. The number of carbonyl (C=O) groups excluding carboxylic acids is 1. The van der Waals surface area contributed by atoms with Gasteiger partial charge >= 0.3 is 6.09 Å². The second-order valence-electron chi connectivity index (χ2n) is 10.4. The third-order valence-corrected chi connectivity index (χ3v) is 6.60. The van der Waals surface area contributed by atoms with Crippen LogP contribution in [-0.4, -0.2) is 54.1 Å². The molecule has 3 N–H and O–H groups in total. The molecule has 2 aliphatic heterocycles. The molecule has 3 rings (SSSR count). The predicted octanol–water partition coefficient (Wildman–Crippen LogP) is 5.62. The van der Waals surface area contributed by atoms with E-state index in [1.807, 2.05) is 18.3 Å². The molecule has 0 unspecified atom stereocenters. The van der Waals surface area contributed by atoms with Gasteiger partial charge in [-0.2, -0.15) is 0 Å². The molecule has 2 amide bonds. The van der Waals surface area contributed by atoms with E-state index in [0.29, 0.717) is 6.04 Å². The van der Waals surface area contributed by atoms with Crippen LogP contribution in [0, 0.1) is 5.92 Å². The van der Waals surface area contributed by atoms with Crippen LogP contribution >= 0.6 is 0 Å². The Morgan fingerprint density at radius 2 is 1.82 bits per heavy atom. The first-order chi connectivity index (χ1) is 16.1. The molecule has 1 aliphatic carbocycles. The molecule has 0 aromatic rings. The average molecular weight is 481 g/mol. The first-order valence-electron chi connectivity index (χ1n) is 12.6. The fourth-order valence-electron chi connectivity index (χ4n) is 4.83. The van der Waals surface area contributed by atoms with Crippen LogP contribution in [0.4, 0.5) is 4.79 Å². The summed E-state index contributed by atoms with van der Waals surface area (Å²) >= 11 is 0. The van der Waals surface area contributed by atoms with Gasteiger partial charge in [0.05, 0.1) is 23.9 Å². The van der Waals surface area contributed by atoms with Crippen LogP contribution in [0.3, 0.4) is 0 Å². The Morgan fingerprint density at radius 3 is 2.38 bits per heavy atom. The van der Waals surface area contributed by atoms with Crippen molar-refractivity contribution >= 4 is 12.0 Å². The molecule has 0 aromatic carbocycles. The molecule has 34 heavy (non-hydrogen) atoms. The van der Waals surface area contributed by atoms with Gasteiger partial charge in [0.1, 0.15) is 0 Å². The van der Waals surface area contributed by atoms with E-state index in [9.17, 15) is 9.59 Å². The van der Waals surface area contributed by atoms with E-state index >= 15 is 0 Å². The van der Waals surface area contributed by atoms with E-state index in [4.69, 9.17) is 14.6 Å². The van der Waals surface area contributed by atoms with Crippen LogP contribution in [0.1, 0.15) is 81.9 Å². The molecule has 0 aromatic heterocycles. The third kappa shape index (κ3) is 10.4. The fourth-order valence-corrected chi connectivity index (χ4v) is 4.83. The lowest BCUT2D eigenvalue weighted by Gasteiger charge is -2.38. The Hall–Kier alpha value is -2.12. The smallest absolute Gasteiger partial charge is 0.404 e. The number of hydrogen-bond acceptors (Lipinski definition) is 4. The van der Waals surface area contributed by atoms with Crippen LogP contribution in [0.15, 0.2) is 36.0 Å². The van der Waals surface area contributed by atoms with Gasteiger partial charge in [-0.25, -0.2) is 4.79 Å². The zero-order valence-electron chi connectivity index (χ0n) is 21.6. The standard InChI is InChI=1S/C25H39NO3.C2H5NO2.2H2/c1-5-6-7-23(27)26-21-13-11-20(12-14-21)10-8-19(2)9-15-22-16-25(18-28-25)17-24(3,4)29-22;1-3-2(4)5;;/h6-9,15,20-22H,5,10-14,16-18H2,1-4H3,(H,26,27);3H,1H3,(H,4,5);2*1H/b7-6-,15-9+,19-8+;;;/t20?,21?,22-,25-;;;/m1.../s1. The van der Waals surface area contributed by atoms with E-state index in [2.05, 4.69) is 44.3 Å². The quantitative estimate of drug-likeness (QED) is 0.249. The van der Waals surface area contributed by atoms with Gasteiger partial charge in [0, 0.05) is 28.8 Å². The van der Waals surface area contributed by atoms with Crippen LogP contribution in [0.5, 0.6) is 0 Å². The molecule has 1 spiro atoms. The summed E-state index contributed by atoms with van der Waals surface area (Å²) in [5.74, 6) is 0.786. The number of amides is 2. The van der Waals surface area contributed by atoms with Crippen molar-refractivity contribution in [3.05, 3.63) is 36.0 Å². The zero-order valence-corrected chi connectivity index (χ0v) is 21.6. The lowest BCUT2D eigenvalue weighted by Crippen LogP contribution is -2.43. The minimum atomic E-state index is -0.995. The summed E-state index contributed by atoms with van der Waals surface area (Å²) in [5.41, 5.74) is 1.28. The van der Waals surface area contributed by atoms with Crippen molar-refractivity contribution in [2.45, 2.75) is 102 Å². The molecule has 1 saturated carbocycles. The lowest BCUT2D eigenvalue weighted by atomic mass is 9.83. The van der Waals surface area contributed by atoms with Gasteiger partial charge < -0.3 is 25.2 Å². The first-order valence-corrected chi connectivity index (χ1v) is 12.6. The number of allylic oxidation sites excluding steroid dienone is 4. The highest BCUT2D eigenvalue weighted by atomic mass is 16.6. The van der Waals surface area contributed by atoms with Crippen LogP contribution in [0.25, 0.3) is 0 Å². The van der Waals surface area contributed by atoms with Crippen molar-refractivity contribution in [3.8, 4) is 0 Å². The molecule has 7 nitrogen and oxygen atoms in total. The van der Waals surface area contributed by atoms with Crippen LogP contribution < -0.4 is 10.6 Å². The van der Waals surface area contributed by atoms with Gasteiger partial charge in [-0.05, 0) is 71.3 Å². The molecule has 2 heterocycles. The summed E-state index contributed by atoms with van der Waals surface area (Å²) in [6.07, 6.45) is 18.1. The molecule has 3 fully saturated rings. The Balaban J connectivity index is 0.00000160. The summed E-state index contributed by atoms with van der Waals surface area (Å²) in [6.45, 7) is 9.44. The SMILES string of the molecule is CC/C=C\C(=O)NC1CCC(C/C=C(C)/C=C/[C@@H]2C[C@]3(CO3)CC(C)(C)O2)CC1.CNC(=O)O.[HH].[HH]. The van der Waals surface area contributed by atoms with E-state index in [1.165, 1.54) is 25.5 Å². The molecular weight excluding hydrogens is 432 g/mol. The zero-order chi connectivity index (χ0) is 25.2. The maximum absolute atomic E-state index is 11.8. The maximum Gasteiger partial charge on any atom is 0.404 e. The van der Waals surface area contributed by atoms with Gasteiger partial charge in [-0.1, -0.05) is 36.8 Å². The highest BCUT2D eigenvalue weighted by Gasteiger charge is 2.53. The number of carboxylic acid groups (broad SMARTS) is 1. The number of nitrogens with one attached hydrogen (secondary N) is 2. The second-order valence-corrected chi connectivity index (χ2v) is 10.4. The summed E-state index contributed by atoms with van der Waals surface area (Å²) in [6, 6.07) is 0.342. The largest absolute Gasteiger partial charge is 0.465 e. The molecule has 2 saturated heterocycles. The second kappa shape index (κ2) is 13.1. The minimum Gasteiger partial charge on any atom is -0.465 e. The first kappa shape index (κ1) is 28.1. The predicted molar refractivity (Wildman–Crippen MR) is 139 cm³/mol. The van der Waals surface area contributed by atoms with Gasteiger partial charge in [-0.3, -0.25) is 4.79 Å². The molecule has 7 heteroatoms. The fraction of sp³-hybridized carbons (Fsp3) is 0.704. The molecular formula is C27H48N2O5. The summed E-state index contributed by atoms with van der Waals surface area (Å²) in [7, 11) is 1.35. The number of epoxide rings is 1. The van der Waals surface area contributed by atoms with Gasteiger partial charge in [0.15, 0.2) is 0 Å².